The fourth-order valence-corrected chi connectivity index (χ4v) is 3.00. The molecule has 0 spiro atoms. The fraction of sp³-hybridized carbons (Fsp3) is 0.357. The Morgan fingerprint density at radius 2 is 2.32 bits per heavy atom. The molecule has 1 aliphatic carbocycles. The van der Waals surface area contributed by atoms with Crippen molar-refractivity contribution in [1.82, 2.24) is 9.97 Å². The monoisotopic (exact) mass is 255 g/mol. The molecule has 1 aromatic heterocycles. The molecule has 1 saturated heterocycles. The van der Waals surface area contributed by atoms with Crippen molar-refractivity contribution in [2.75, 3.05) is 11.4 Å². The van der Waals surface area contributed by atoms with E-state index in [1.165, 1.54) is 12.8 Å². The van der Waals surface area contributed by atoms with Gasteiger partial charge >= 0.3 is 5.97 Å². The Balaban J connectivity index is 1.85. The van der Waals surface area contributed by atoms with Gasteiger partial charge in [0.05, 0.1) is 11.1 Å². The zero-order chi connectivity index (χ0) is 13.0. The van der Waals surface area contributed by atoms with E-state index in [0.29, 0.717) is 17.5 Å². The van der Waals surface area contributed by atoms with Crippen molar-refractivity contribution in [3.05, 3.63) is 30.0 Å². The molecule has 1 saturated carbocycles. The van der Waals surface area contributed by atoms with Gasteiger partial charge in [-0.05, 0) is 24.8 Å². The molecule has 2 atom stereocenters. The van der Waals surface area contributed by atoms with Crippen LogP contribution in [0.2, 0.25) is 0 Å². The molecular weight excluding hydrogens is 242 g/mol. The van der Waals surface area contributed by atoms with Gasteiger partial charge in [-0.3, -0.25) is 0 Å². The van der Waals surface area contributed by atoms with Gasteiger partial charge in [0.2, 0.25) is 5.95 Å². The smallest absolute Gasteiger partial charge is 0.337 e. The molecule has 0 amide bonds. The summed E-state index contributed by atoms with van der Waals surface area (Å²) in [4.78, 5) is 22.3. The third-order valence-electron chi connectivity index (χ3n) is 4.11. The predicted molar refractivity (Wildman–Crippen MR) is 70.4 cm³/mol. The van der Waals surface area contributed by atoms with Crippen molar-refractivity contribution < 1.29 is 9.90 Å². The summed E-state index contributed by atoms with van der Waals surface area (Å²) in [6, 6.07) is 5.73. The van der Waals surface area contributed by atoms with E-state index in [-0.39, 0.29) is 5.56 Å². The Morgan fingerprint density at radius 3 is 3.00 bits per heavy atom. The van der Waals surface area contributed by atoms with Gasteiger partial charge in [-0.2, -0.15) is 0 Å². The highest BCUT2D eigenvalue weighted by Gasteiger charge is 2.47. The molecule has 19 heavy (non-hydrogen) atoms. The number of carboxylic acids is 1. The van der Waals surface area contributed by atoms with Crippen LogP contribution in [0.15, 0.2) is 24.4 Å². The molecule has 4 rings (SSSR count). The first-order valence-electron chi connectivity index (χ1n) is 6.50. The van der Waals surface area contributed by atoms with E-state index in [0.717, 1.165) is 17.8 Å². The summed E-state index contributed by atoms with van der Waals surface area (Å²) in [7, 11) is 0. The number of aromatic carboxylic acids is 1. The third kappa shape index (κ3) is 1.58. The number of rotatable bonds is 2. The van der Waals surface area contributed by atoms with Crippen LogP contribution in [-0.2, 0) is 0 Å². The summed E-state index contributed by atoms with van der Waals surface area (Å²) in [6.45, 7) is 0.982. The van der Waals surface area contributed by atoms with Crippen LogP contribution in [0.3, 0.4) is 0 Å². The standard InChI is InChI=1S/C14H13N3O2/c18-13(19)10-3-1-2-9-7-15-14(16-12(9)10)17-5-4-8-6-11(8)17/h1-3,7-8,11H,4-6H2,(H,18,19). The number of para-hydroxylation sites is 1. The van der Waals surface area contributed by atoms with Crippen LogP contribution < -0.4 is 4.90 Å². The van der Waals surface area contributed by atoms with Gasteiger partial charge in [0, 0.05) is 24.2 Å². The Kier molecular flexibility index (Phi) is 2.07. The minimum atomic E-state index is -0.944. The van der Waals surface area contributed by atoms with Crippen molar-refractivity contribution in [2.45, 2.75) is 18.9 Å². The number of benzene rings is 1. The van der Waals surface area contributed by atoms with Gasteiger partial charge < -0.3 is 10.0 Å². The van der Waals surface area contributed by atoms with Gasteiger partial charge in [-0.15, -0.1) is 0 Å². The van der Waals surface area contributed by atoms with E-state index in [4.69, 9.17) is 0 Å². The van der Waals surface area contributed by atoms with Gasteiger partial charge in [0.25, 0.3) is 0 Å². The highest BCUT2D eigenvalue weighted by molar-refractivity contribution is 6.01. The molecule has 0 radical (unpaired) electrons. The second-order valence-corrected chi connectivity index (χ2v) is 5.26. The number of carboxylic acid groups (broad SMARTS) is 1. The molecule has 5 heteroatoms. The number of anilines is 1. The summed E-state index contributed by atoms with van der Waals surface area (Å²) >= 11 is 0. The van der Waals surface area contributed by atoms with E-state index >= 15 is 0 Å². The molecule has 1 aliphatic heterocycles. The largest absolute Gasteiger partial charge is 0.478 e. The second kappa shape index (κ2) is 3.66. The van der Waals surface area contributed by atoms with Crippen LogP contribution in [0.1, 0.15) is 23.2 Å². The minimum absolute atomic E-state index is 0.243. The Hall–Kier alpha value is -2.17. The maximum atomic E-state index is 11.2. The molecule has 1 aromatic carbocycles. The first-order chi connectivity index (χ1) is 9.24. The number of hydrogen-bond donors (Lipinski definition) is 1. The van der Waals surface area contributed by atoms with Crippen LogP contribution in [0, 0.1) is 5.92 Å². The molecule has 1 N–H and O–H groups in total. The first kappa shape index (κ1) is 10.7. The van der Waals surface area contributed by atoms with E-state index in [1.807, 2.05) is 6.07 Å². The zero-order valence-corrected chi connectivity index (χ0v) is 10.3. The van der Waals surface area contributed by atoms with E-state index in [9.17, 15) is 9.90 Å². The van der Waals surface area contributed by atoms with Crippen molar-refractivity contribution >= 4 is 22.8 Å². The summed E-state index contributed by atoms with van der Waals surface area (Å²) < 4.78 is 0. The SMILES string of the molecule is O=C(O)c1cccc2cnc(N3CCC4CC43)nc12. The highest BCUT2D eigenvalue weighted by atomic mass is 16.4. The maximum Gasteiger partial charge on any atom is 0.337 e. The molecule has 2 aromatic rings. The number of carbonyl (C=O) groups is 1. The van der Waals surface area contributed by atoms with E-state index in [2.05, 4.69) is 14.9 Å². The Bertz CT molecular complexity index is 685. The predicted octanol–water partition coefficient (Wildman–Crippen LogP) is 1.93. The third-order valence-corrected chi connectivity index (χ3v) is 4.11. The number of fused-ring (bicyclic) bond motifs is 2. The van der Waals surface area contributed by atoms with Crippen molar-refractivity contribution in [2.24, 2.45) is 5.92 Å². The van der Waals surface area contributed by atoms with E-state index in [1.54, 1.807) is 18.3 Å². The summed E-state index contributed by atoms with van der Waals surface area (Å²) in [5.41, 5.74) is 0.775. The zero-order valence-electron chi connectivity index (χ0n) is 10.3. The molecule has 2 aliphatic rings. The normalized spacial score (nSPS) is 24.5. The van der Waals surface area contributed by atoms with Gasteiger partial charge in [0.15, 0.2) is 0 Å². The summed E-state index contributed by atoms with van der Waals surface area (Å²) in [5, 5.41) is 10.00. The lowest BCUT2D eigenvalue weighted by Gasteiger charge is -2.18. The lowest BCUT2D eigenvalue weighted by Crippen LogP contribution is -2.24. The van der Waals surface area contributed by atoms with Crippen LogP contribution in [0.25, 0.3) is 10.9 Å². The molecule has 5 nitrogen and oxygen atoms in total. The van der Waals surface area contributed by atoms with Crippen LogP contribution in [-0.4, -0.2) is 33.6 Å². The quantitative estimate of drug-likeness (QED) is 0.888. The van der Waals surface area contributed by atoms with Crippen molar-refractivity contribution in [1.29, 1.82) is 0 Å². The molecule has 0 bridgehead atoms. The number of hydrogen-bond acceptors (Lipinski definition) is 4. The number of aromatic nitrogens is 2. The van der Waals surface area contributed by atoms with Crippen molar-refractivity contribution in [3.63, 3.8) is 0 Å². The van der Waals surface area contributed by atoms with Crippen LogP contribution in [0.4, 0.5) is 5.95 Å². The van der Waals surface area contributed by atoms with Crippen molar-refractivity contribution in [3.8, 4) is 0 Å². The summed E-state index contributed by atoms with van der Waals surface area (Å²) in [5.74, 6) is 0.529. The molecule has 2 heterocycles. The molecular formula is C14H13N3O2. The lowest BCUT2D eigenvalue weighted by molar-refractivity contribution is 0.0699. The Labute approximate surface area is 109 Å². The molecule has 2 unspecified atom stereocenters. The summed E-state index contributed by atoms with van der Waals surface area (Å²) in [6.07, 6.45) is 4.15. The van der Waals surface area contributed by atoms with E-state index < -0.39 is 5.97 Å². The Morgan fingerprint density at radius 1 is 1.42 bits per heavy atom. The topological polar surface area (TPSA) is 66.3 Å². The number of piperidine rings is 1. The van der Waals surface area contributed by atoms with Gasteiger partial charge in [-0.25, -0.2) is 14.8 Å². The average Bonchev–Trinajstić information content (AvgIpc) is 3.08. The second-order valence-electron chi connectivity index (χ2n) is 5.26. The molecule has 2 fully saturated rings. The van der Waals surface area contributed by atoms with Gasteiger partial charge in [-0.1, -0.05) is 12.1 Å². The number of nitrogens with zero attached hydrogens (tertiary/aromatic N) is 3. The maximum absolute atomic E-state index is 11.2. The van der Waals surface area contributed by atoms with Gasteiger partial charge in [0.1, 0.15) is 0 Å². The van der Waals surface area contributed by atoms with Crippen LogP contribution >= 0.6 is 0 Å². The average molecular weight is 255 g/mol. The fourth-order valence-electron chi connectivity index (χ4n) is 3.00. The first-order valence-corrected chi connectivity index (χ1v) is 6.50. The molecule has 96 valence electrons. The lowest BCUT2D eigenvalue weighted by atomic mass is 10.1. The van der Waals surface area contributed by atoms with Crippen LogP contribution in [0.5, 0.6) is 0 Å². The minimum Gasteiger partial charge on any atom is -0.478 e. The highest BCUT2D eigenvalue weighted by Crippen LogP contribution is 2.45.